The van der Waals surface area contributed by atoms with E-state index in [1.54, 1.807) is 31.2 Å². The minimum Gasteiger partial charge on any atom is -0.480 e. The molecule has 180 valence electrons. The molecule has 8 nitrogen and oxygen atoms in total. The van der Waals surface area contributed by atoms with Crippen LogP contribution in [0, 0.1) is 0 Å². The summed E-state index contributed by atoms with van der Waals surface area (Å²) in [6, 6.07) is 22.2. The van der Waals surface area contributed by atoms with Gasteiger partial charge in [-0.1, -0.05) is 60.7 Å². The number of alkyl carbamates (subject to hydrolysis) is 1. The maximum atomic E-state index is 12.5. The first kappa shape index (κ1) is 23.8. The van der Waals surface area contributed by atoms with E-state index in [4.69, 9.17) is 14.6 Å². The molecule has 0 fully saturated rings. The topological polar surface area (TPSA) is 114 Å². The Bertz CT molecular complexity index is 1200. The van der Waals surface area contributed by atoms with Crippen LogP contribution in [0.1, 0.15) is 30.4 Å². The van der Waals surface area contributed by atoms with Gasteiger partial charge in [0.1, 0.15) is 12.4 Å². The van der Waals surface area contributed by atoms with Crippen molar-refractivity contribution >= 4 is 23.7 Å². The molecule has 0 spiro atoms. The van der Waals surface area contributed by atoms with Gasteiger partial charge in [-0.3, -0.25) is 4.79 Å². The molecule has 0 aliphatic heterocycles. The van der Waals surface area contributed by atoms with Crippen molar-refractivity contribution in [1.29, 1.82) is 0 Å². The van der Waals surface area contributed by atoms with E-state index in [1.165, 1.54) is 0 Å². The number of aliphatic carboxylic acids is 1. The van der Waals surface area contributed by atoms with Crippen LogP contribution >= 0.6 is 0 Å². The highest BCUT2D eigenvalue weighted by molar-refractivity contribution is 5.93. The molecule has 1 atom stereocenters. The summed E-state index contributed by atoms with van der Waals surface area (Å²) in [5, 5.41) is 14.2. The van der Waals surface area contributed by atoms with E-state index in [-0.39, 0.29) is 30.6 Å². The van der Waals surface area contributed by atoms with E-state index in [2.05, 4.69) is 22.8 Å². The van der Waals surface area contributed by atoms with Crippen molar-refractivity contribution in [1.82, 2.24) is 5.32 Å². The van der Waals surface area contributed by atoms with Crippen LogP contribution in [0.3, 0.4) is 0 Å². The molecule has 1 aliphatic rings. The standard InChI is InChI=1S/C27H26N2O6/c1-17(14-25(30)29-23-12-6-7-13-24(23)34-16-26(31)32)28-27(33)35-15-22-20-10-4-2-8-18(20)19-9-3-5-11-21(19)22/h2-13,17,22H,14-16H2,1H3,(H,28,33)(H,29,30)(H,31,32)/t17-/m0/s1. The summed E-state index contributed by atoms with van der Waals surface area (Å²) in [5.74, 6) is -1.27. The number of benzene rings is 3. The van der Waals surface area contributed by atoms with Gasteiger partial charge in [0.15, 0.2) is 6.61 Å². The summed E-state index contributed by atoms with van der Waals surface area (Å²) in [5.41, 5.74) is 4.90. The molecule has 1 aliphatic carbocycles. The van der Waals surface area contributed by atoms with Gasteiger partial charge in [0, 0.05) is 18.4 Å². The predicted octanol–water partition coefficient (Wildman–Crippen LogP) is 4.41. The number of para-hydroxylation sites is 2. The van der Waals surface area contributed by atoms with Gasteiger partial charge < -0.3 is 25.2 Å². The average molecular weight is 475 g/mol. The average Bonchev–Trinajstić information content (AvgIpc) is 3.15. The second-order valence-electron chi connectivity index (χ2n) is 8.30. The van der Waals surface area contributed by atoms with E-state index >= 15 is 0 Å². The van der Waals surface area contributed by atoms with Gasteiger partial charge in [0.2, 0.25) is 5.91 Å². The summed E-state index contributed by atoms with van der Waals surface area (Å²) >= 11 is 0. The molecular weight excluding hydrogens is 448 g/mol. The molecule has 3 aromatic carbocycles. The Morgan fingerprint density at radius 3 is 2.17 bits per heavy atom. The molecule has 3 N–H and O–H groups in total. The van der Waals surface area contributed by atoms with Crippen molar-refractivity contribution in [3.05, 3.63) is 83.9 Å². The zero-order valence-electron chi connectivity index (χ0n) is 19.2. The first-order valence-electron chi connectivity index (χ1n) is 11.3. The van der Waals surface area contributed by atoms with Gasteiger partial charge in [-0.25, -0.2) is 9.59 Å². The molecule has 4 rings (SSSR count). The Hall–Kier alpha value is -4.33. The Morgan fingerprint density at radius 1 is 0.914 bits per heavy atom. The number of hydrogen-bond acceptors (Lipinski definition) is 5. The van der Waals surface area contributed by atoms with Crippen molar-refractivity contribution in [3.63, 3.8) is 0 Å². The van der Waals surface area contributed by atoms with Crippen LogP contribution in [0.25, 0.3) is 11.1 Å². The Morgan fingerprint density at radius 2 is 1.51 bits per heavy atom. The number of carboxylic acids is 1. The van der Waals surface area contributed by atoms with E-state index in [0.29, 0.717) is 5.69 Å². The second-order valence-corrected chi connectivity index (χ2v) is 8.30. The summed E-state index contributed by atoms with van der Waals surface area (Å²) in [6.45, 7) is 1.37. The molecule has 8 heteroatoms. The highest BCUT2D eigenvalue weighted by Crippen LogP contribution is 2.44. The maximum Gasteiger partial charge on any atom is 0.407 e. The van der Waals surface area contributed by atoms with Gasteiger partial charge >= 0.3 is 12.1 Å². The smallest absolute Gasteiger partial charge is 0.407 e. The van der Waals surface area contributed by atoms with Crippen LogP contribution < -0.4 is 15.4 Å². The zero-order chi connectivity index (χ0) is 24.8. The normalized spacial score (nSPS) is 12.7. The van der Waals surface area contributed by atoms with Crippen molar-refractivity contribution in [2.24, 2.45) is 0 Å². The summed E-state index contributed by atoms with van der Waals surface area (Å²) in [4.78, 5) is 35.6. The fourth-order valence-corrected chi connectivity index (χ4v) is 4.21. The number of ether oxygens (including phenoxy) is 2. The van der Waals surface area contributed by atoms with E-state index < -0.39 is 24.7 Å². The minimum absolute atomic E-state index is 0.00252. The molecule has 2 amide bonds. The van der Waals surface area contributed by atoms with Crippen LogP contribution in [0.5, 0.6) is 5.75 Å². The fraction of sp³-hybridized carbons (Fsp3) is 0.222. The van der Waals surface area contributed by atoms with Crippen molar-refractivity contribution in [2.45, 2.75) is 25.3 Å². The SMILES string of the molecule is C[C@@H](CC(=O)Nc1ccccc1OCC(=O)O)NC(=O)OCC1c2ccccc2-c2ccccc21. The number of carbonyl (C=O) groups is 3. The van der Waals surface area contributed by atoms with Gasteiger partial charge in [0.05, 0.1) is 5.69 Å². The number of fused-ring (bicyclic) bond motifs is 3. The third-order valence-corrected chi connectivity index (χ3v) is 5.71. The first-order chi connectivity index (χ1) is 16.9. The molecule has 3 aromatic rings. The van der Waals surface area contributed by atoms with E-state index in [9.17, 15) is 14.4 Å². The maximum absolute atomic E-state index is 12.5. The highest BCUT2D eigenvalue weighted by Gasteiger charge is 2.29. The fourth-order valence-electron chi connectivity index (χ4n) is 4.21. The molecule has 0 radical (unpaired) electrons. The number of carboxylic acid groups (broad SMARTS) is 1. The van der Waals surface area contributed by atoms with Gasteiger partial charge in [-0.05, 0) is 41.3 Å². The number of hydrogen-bond donors (Lipinski definition) is 3. The summed E-state index contributed by atoms with van der Waals surface area (Å²) in [7, 11) is 0. The molecule has 0 heterocycles. The molecule has 0 saturated heterocycles. The molecule has 0 aromatic heterocycles. The van der Waals surface area contributed by atoms with Crippen LogP contribution in [-0.2, 0) is 14.3 Å². The molecule has 0 unspecified atom stereocenters. The number of anilines is 1. The predicted molar refractivity (Wildman–Crippen MR) is 130 cm³/mol. The van der Waals surface area contributed by atoms with Gasteiger partial charge in [-0.15, -0.1) is 0 Å². The Labute approximate surface area is 202 Å². The molecule has 0 saturated carbocycles. The Kier molecular flexibility index (Phi) is 7.30. The lowest BCUT2D eigenvalue weighted by atomic mass is 9.98. The number of carbonyl (C=O) groups excluding carboxylic acids is 2. The minimum atomic E-state index is -1.12. The van der Waals surface area contributed by atoms with Crippen LogP contribution in [-0.4, -0.2) is 42.3 Å². The van der Waals surface area contributed by atoms with E-state index in [1.807, 2.05) is 36.4 Å². The lowest BCUT2D eigenvalue weighted by Crippen LogP contribution is -2.36. The quantitative estimate of drug-likeness (QED) is 0.423. The molecule has 35 heavy (non-hydrogen) atoms. The van der Waals surface area contributed by atoms with Crippen LogP contribution in [0.15, 0.2) is 72.8 Å². The number of amides is 2. The number of rotatable bonds is 9. The molecular formula is C27H26N2O6. The van der Waals surface area contributed by atoms with Crippen LogP contribution in [0.2, 0.25) is 0 Å². The zero-order valence-corrected chi connectivity index (χ0v) is 19.2. The third kappa shape index (κ3) is 5.78. The van der Waals surface area contributed by atoms with Crippen LogP contribution in [0.4, 0.5) is 10.5 Å². The van der Waals surface area contributed by atoms with Crippen molar-refractivity contribution in [3.8, 4) is 16.9 Å². The third-order valence-electron chi connectivity index (χ3n) is 5.71. The van der Waals surface area contributed by atoms with Gasteiger partial charge in [0.25, 0.3) is 0 Å². The largest absolute Gasteiger partial charge is 0.480 e. The summed E-state index contributed by atoms with van der Waals surface area (Å²) in [6.07, 6.45) is -0.602. The van der Waals surface area contributed by atoms with Crippen molar-refractivity contribution < 1.29 is 29.0 Å². The van der Waals surface area contributed by atoms with Gasteiger partial charge in [-0.2, -0.15) is 0 Å². The monoisotopic (exact) mass is 474 g/mol. The lowest BCUT2D eigenvalue weighted by molar-refractivity contribution is -0.139. The van der Waals surface area contributed by atoms with Crippen molar-refractivity contribution in [2.75, 3.05) is 18.5 Å². The first-order valence-corrected chi connectivity index (χ1v) is 11.3. The number of nitrogens with one attached hydrogen (secondary N) is 2. The lowest BCUT2D eigenvalue weighted by Gasteiger charge is -2.17. The van der Waals surface area contributed by atoms with E-state index in [0.717, 1.165) is 22.3 Å². The Balaban J connectivity index is 1.29. The summed E-state index contributed by atoms with van der Waals surface area (Å²) < 4.78 is 10.7. The molecule has 0 bridgehead atoms. The second kappa shape index (κ2) is 10.7. The highest BCUT2D eigenvalue weighted by atomic mass is 16.5.